The molecule has 0 radical (unpaired) electrons. The fourth-order valence-corrected chi connectivity index (χ4v) is 1.31. The van der Waals surface area contributed by atoms with Crippen LogP contribution in [0.1, 0.15) is 51.6 Å². The number of imidazole rings is 1. The lowest BCUT2D eigenvalue weighted by atomic mass is 10.1. The molecule has 0 aromatic carbocycles. The van der Waals surface area contributed by atoms with Gasteiger partial charge in [-0.25, -0.2) is 4.98 Å². The molecule has 0 aliphatic rings. The zero-order valence-corrected chi connectivity index (χ0v) is 8.06. The summed E-state index contributed by atoms with van der Waals surface area (Å²) in [4.78, 5) is 7.52. The van der Waals surface area contributed by atoms with Gasteiger partial charge in [0.05, 0.1) is 5.69 Å². The third-order valence-electron chi connectivity index (χ3n) is 2.03. The first-order valence-corrected chi connectivity index (χ1v) is 4.84. The molecule has 1 aromatic heterocycles. The third kappa shape index (κ3) is 4.71. The van der Waals surface area contributed by atoms with Gasteiger partial charge in [-0.1, -0.05) is 33.6 Å². The molecule has 76 valence electrons. The fourth-order valence-electron chi connectivity index (χ4n) is 1.31. The van der Waals surface area contributed by atoms with Gasteiger partial charge in [0.2, 0.25) is 0 Å². The highest BCUT2D eigenvalue weighted by Gasteiger charge is 1.96. The molecule has 0 atom stereocenters. The number of rotatable bonds is 5. The SMILES string of the molecule is C.CCCCCCc1nc(C)c[nH]1. The van der Waals surface area contributed by atoms with Gasteiger partial charge in [0, 0.05) is 12.6 Å². The summed E-state index contributed by atoms with van der Waals surface area (Å²) in [5, 5.41) is 0. The number of hydrogen-bond donors (Lipinski definition) is 1. The monoisotopic (exact) mass is 182 g/mol. The lowest BCUT2D eigenvalue weighted by Gasteiger charge is -1.95. The third-order valence-corrected chi connectivity index (χ3v) is 2.03. The van der Waals surface area contributed by atoms with Crippen molar-refractivity contribution in [1.82, 2.24) is 9.97 Å². The van der Waals surface area contributed by atoms with E-state index >= 15 is 0 Å². The molecule has 2 nitrogen and oxygen atoms in total. The van der Waals surface area contributed by atoms with Crippen LogP contribution in [0.3, 0.4) is 0 Å². The summed E-state index contributed by atoms with van der Waals surface area (Å²) in [7, 11) is 0. The van der Waals surface area contributed by atoms with E-state index in [0.29, 0.717) is 0 Å². The van der Waals surface area contributed by atoms with Gasteiger partial charge in [0.25, 0.3) is 0 Å². The highest BCUT2D eigenvalue weighted by molar-refractivity contribution is 4.98. The predicted octanol–water partition coefficient (Wildman–Crippen LogP) is 3.48. The molecule has 0 saturated heterocycles. The van der Waals surface area contributed by atoms with Gasteiger partial charge in [-0.05, 0) is 13.3 Å². The Bertz CT molecular complexity index is 216. The van der Waals surface area contributed by atoms with E-state index in [-0.39, 0.29) is 7.43 Å². The highest BCUT2D eigenvalue weighted by Crippen LogP contribution is 2.04. The van der Waals surface area contributed by atoms with Crippen LogP contribution in [0, 0.1) is 6.92 Å². The summed E-state index contributed by atoms with van der Waals surface area (Å²) >= 11 is 0. The zero-order valence-electron chi connectivity index (χ0n) is 8.06. The predicted molar refractivity (Wildman–Crippen MR) is 57.9 cm³/mol. The van der Waals surface area contributed by atoms with E-state index in [1.807, 2.05) is 13.1 Å². The number of nitrogens with one attached hydrogen (secondary N) is 1. The molecule has 0 aliphatic carbocycles. The minimum absolute atomic E-state index is 0. The van der Waals surface area contributed by atoms with E-state index in [0.717, 1.165) is 17.9 Å². The van der Waals surface area contributed by atoms with Crippen LogP contribution in [0.25, 0.3) is 0 Å². The van der Waals surface area contributed by atoms with E-state index in [9.17, 15) is 0 Å². The maximum atomic E-state index is 4.35. The maximum Gasteiger partial charge on any atom is 0.106 e. The molecule has 1 aromatic rings. The van der Waals surface area contributed by atoms with Crippen LogP contribution < -0.4 is 0 Å². The van der Waals surface area contributed by atoms with E-state index in [4.69, 9.17) is 0 Å². The Morgan fingerprint density at radius 3 is 2.62 bits per heavy atom. The van der Waals surface area contributed by atoms with Crippen LogP contribution in [-0.2, 0) is 6.42 Å². The first-order chi connectivity index (χ1) is 5.83. The average molecular weight is 182 g/mol. The van der Waals surface area contributed by atoms with Crippen molar-refractivity contribution in [2.24, 2.45) is 0 Å². The second-order valence-corrected chi connectivity index (χ2v) is 3.30. The molecule has 0 unspecified atom stereocenters. The first kappa shape index (κ1) is 12.2. The van der Waals surface area contributed by atoms with Crippen molar-refractivity contribution in [1.29, 1.82) is 0 Å². The summed E-state index contributed by atoms with van der Waals surface area (Å²) < 4.78 is 0. The molecule has 1 rings (SSSR count). The van der Waals surface area contributed by atoms with E-state index in [1.54, 1.807) is 0 Å². The van der Waals surface area contributed by atoms with Crippen LogP contribution in [0.15, 0.2) is 6.20 Å². The Balaban J connectivity index is 0.00000144. The lowest BCUT2D eigenvalue weighted by Crippen LogP contribution is -1.88. The summed E-state index contributed by atoms with van der Waals surface area (Å²) in [6.07, 6.45) is 8.32. The normalized spacial score (nSPS) is 9.69. The van der Waals surface area contributed by atoms with Crippen molar-refractivity contribution in [2.75, 3.05) is 0 Å². The van der Waals surface area contributed by atoms with Crippen molar-refractivity contribution in [2.45, 2.75) is 53.4 Å². The Morgan fingerprint density at radius 2 is 2.08 bits per heavy atom. The van der Waals surface area contributed by atoms with Gasteiger partial charge in [0.15, 0.2) is 0 Å². The number of nitrogens with zero attached hydrogens (tertiary/aromatic N) is 1. The molecule has 0 spiro atoms. The topological polar surface area (TPSA) is 28.7 Å². The van der Waals surface area contributed by atoms with Crippen molar-refractivity contribution < 1.29 is 0 Å². The second kappa shape index (κ2) is 6.70. The highest BCUT2D eigenvalue weighted by atomic mass is 14.9. The minimum Gasteiger partial charge on any atom is -0.348 e. The van der Waals surface area contributed by atoms with Crippen LogP contribution in [0.4, 0.5) is 0 Å². The van der Waals surface area contributed by atoms with Crippen molar-refractivity contribution >= 4 is 0 Å². The lowest BCUT2D eigenvalue weighted by molar-refractivity contribution is 0.655. The van der Waals surface area contributed by atoms with E-state index in [2.05, 4.69) is 16.9 Å². The van der Waals surface area contributed by atoms with Gasteiger partial charge >= 0.3 is 0 Å². The summed E-state index contributed by atoms with van der Waals surface area (Å²) in [6.45, 7) is 4.25. The maximum absolute atomic E-state index is 4.35. The fraction of sp³-hybridized carbons (Fsp3) is 0.727. The molecule has 2 heteroatoms. The van der Waals surface area contributed by atoms with Crippen LogP contribution in [0.2, 0.25) is 0 Å². The molecule has 13 heavy (non-hydrogen) atoms. The number of hydrogen-bond acceptors (Lipinski definition) is 1. The molecule has 0 aliphatic heterocycles. The van der Waals surface area contributed by atoms with E-state index < -0.39 is 0 Å². The van der Waals surface area contributed by atoms with Crippen molar-refractivity contribution in [3.8, 4) is 0 Å². The molecule has 1 heterocycles. The van der Waals surface area contributed by atoms with Crippen molar-refractivity contribution in [3.63, 3.8) is 0 Å². The van der Waals surface area contributed by atoms with Gasteiger partial charge in [0.1, 0.15) is 5.82 Å². The molecule has 1 N–H and O–H groups in total. The number of unbranched alkanes of at least 4 members (excludes halogenated alkanes) is 3. The molecule has 0 saturated carbocycles. The number of H-pyrrole nitrogens is 1. The second-order valence-electron chi connectivity index (χ2n) is 3.30. The largest absolute Gasteiger partial charge is 0.348 e. The quantitative estimate of drug-likeness (QED) is 0.694. The molecular formula is C11H22N2. The molecular weight excluding hydrogens is 160 g/mol. The van der Waals surface area contributed by atoms with Gasteiger partial charge in [-0.2, -0.15) is 0 Å². The summed E-state index contributed by atoms with van der Waals surface area (Å²) in [6, 6.07) is 0. The Hall–Kier alpha value is -0.790. The van der Waals surface area contributed by atoms with Crippen LogP contribution in [0.5, 0.6) is 0 Å². The summed E-state index contributed by atoms with van der Waals surface area (Å²) in [5.41, 5.74) is 1.10. The van der Waals surface area contributed by atoms with Crippen LogP contribution >= 0.6 is 0 Å². The van der Waals surface area contributed by atoms with Gasteiger partial charge < -0.3 is 4.98 Å². The number of aromatic amines is 1. The smallest absolute Gasteiger partial charge is 0.106 e. The Morgan fingerprint density at radius 1 is 1.31 bits per heavy atom. The Labute approximate surface area is 81.8 Å². The number of aromatic nitrogens is 2. The van der Waals surface area contributed by atoms with Gasteiger partial charge in [-0.3, -0.25) is 0 Å². The average Bonchev–Trinajstić information content (AvgIpc) is 2.45. The standard InChI is InChI=1S/C10H18N2.CH4/c1-3-4-5-6-7-10-11-8-9(2)12-10;/h8H,3-7H2,1-2H3,(H,11,12);1H4. The zero-order chi connectivity index (χ0) is 8.81. The van der Waals surface area contributed by atoms with Crippen LogP contribution in [-0.4, -0.2) is 9.97 Å². The first-order valence-electron chi connectivity index (χ1n) is 4.84. The Kier molecular flexibility index (Phi) is 6.29. The molecule has 0 fully saturated rings. The van der Waals surface area contributed by atoms with E-state index in [1.165, 1.54) is 25.7 Å². The van der Waals surface area contributed by atoms with Crippen molar-refractivity contribution in [3.05, 3.63) is 17.7 Å². The minimum atomic E-state index is 0. The van der Waals surface area contributed by atoms with Gasteiger partial charge in [-0.15, -0.1) is 0 Å². The molecule has 0 bridgehead atoms. The number of aryl methyl sites for hydroxylation is 2. The molecule has 0 amide bonds. The summed E-state index contributed by atoms with van der Waals surface area (Å²) in [5.74, 6) is 1.14.